The zero-order valence-corrected chi connectivity index (χ0v) is 15.4. The van der Waals surface area contributed by atoms with Crippen LogP contribution >= 0.6 is 11.6 Å². The molecule has 1 aromatic heterocycles. The number of benzene rings is 2. The quantitative estimate of drug-likeness (QED) is 0.693. The third-order valence-electron chi connectivity index (χ3n) is 5.57. The summed E-state index contributed by atoms with van der Waals surface area (Å²) in [5, 5.41) is 1.61. The fourth-order valence-electron chi connectivity index (χ4n) is 4.24. The van der Waals surface area contributed by atoms with Crippen molar-refractivity contribution in [3.63, 3.8) is 0 Å². The van der Waals surface area contributed by atoms with Crippen molar-refractivity contribution in [2.24, 2.45) is 0 Å². The summed E-state index contributed by atoms with van der Waals surface area (Å²) < 4.78 is 0. The van der Waals surface area contributed by atoms with E-state index in [2.05, 4.69) is 22.0 Å². The van der Waals surface area contributed by atoms with Crippen LogP contribution < -0.4 is 4.90 Å². The van der Waals surface area contributed by atoms with E-state index in [4.69, 9.17) is 11.6 Å². The van der Waals surface area contributed by atoms with Crippen LogP contribution in [0.3, 0.4) is 0 Å². The Hall–Kier alpha value is -2.63. The largest absolute Gasteiger partial charge is 0.358 e. The number of carbonyl (C=O) groups excluding carboxylic acids is 2. The minimum atomic E-state index is -0.435. The number of fused-ring (bicyclic) bond motifs is 3. The number of imide groups is 1. The first-order chi connectivity index (χ1) is 13.1. The van der Waals surface area contributed by atoms with Crippen molar-refractivity contribution >= 4 is 40.0 Å². The van der Waals surface area contributed by atoms with Gasteiger partial charge in [0.05, 0.1) is 23.2 Å². The fourth-order valence-corrected chi connectivity index (χ4v) is 4.46. The second-order valence-corrected chi connectivity index (χ2v) is 7.49. The maximum atomic E-state index is 13.1. The molecule has 2 aliphatic rings. The number of nitrogens with zero attached hydrogens (tertiary/aromatic N) is 2. The first kappa shape index (κ1) is 16.5. The van der Waals surface area contributed by atoms with Gasteiger partial charge in [-0.15, -0.1) is 0 Å². The molecule has 1 N–H and O–H groups in total. The molecule has 1 saturated heterocycles. The van der Waals surface area contributed by atoms with E-state index >= 15 is 0 Å². The van der Waals surface area contributed by atoms with Gasteiger partial charge in [0.15, 0.2) is 0 Å². The summed E-state index contributed by atoms with van der Waals surface area (Å²) in [6.45, 7) is 1.42. The third-order valence-corrected chi connectivity index (χ3v) is 5.89. The van der Waals surface area contributed by atoms with E-state index in [1.165, 1.54) is 21.5 Å². The van der Waals surface area contributed by atoms with Crippen LogP contribution in [0.25, 0.3) is 10.9 Å². The normalized spacial score (nSPS) is 20.5. The lowest BCUT2D eigenvalue weighted by Gasteiger charge is -2.31. The second-order valence-electron chi connectivity index (χ2n) is 7.09. The van der Waals surface area contributed by atoms with Gasteiger partial charge in [-0.05, 0) is 23.8 Å². The summed E-state index contributed by atoms with van der Waals surface area (Å²) in [7, 11) is 0. The maximum absolute atomic E-state index is 13.1. The molecule has 0 aliphatic carbocycles. The maximum Gasteiger partial charge on any atom is 0.251 e. The number of anilines is 1. The van der Waals surface area contributed by atoms with Gasteiger partial charge < -0.3 is 4.98 Å². The molecule has 6 heteroatoms. The number of aromatic amines is 1. The number of halogens is 1. The zero-order chi connectivity index (χ0) is 18.5. The van der Waals surface area contributed by atoms with Gasteiger partial charge in [-0.1, -0.05) is 41.9 Å². The van der Waals surface area contributed by atoms with E-state index in [9.17, 15) is 9.59 Å². The fraction of sp³-hybridized carbons (Fsp3) is 0.238. The van der Waals surface area contributed by atoms with Crippen LogP contribution in [0.4, 0.5) is 5.69 Å². The lowest BCUT2D eigenvalue weighted by molar-refractivity contribution is -0.123. The van der Waals surface area contributed by atoms with Crippen LogP contribution in [0.2, 0.25) is 5.02 Å². The Balaban J connectivity index is 1.45. The predicted molar refractivity (Wildman–Crippen MR) is 105 cm³/mol. The Kier molecular flexibility index (Phi) is 3.81. The summed E-state index contributed by atoms with van der Waals surface area (Å²) in [5.41, 5.74) is 4.05. The molecule has 1 fully saturated rings. The Morgan fingerprint density at radius 3 is 2.67 bits per heavy atom. The SMILES string of the molecule is O=C1C[C@@H](N2CCc3[nH]c4ccccc4c3C2)C(=O)N1c1ccccc1Cl. The molecule has 3 heterocycles. The molecule has 0 saturated carbocycles. The number of amides is 2. The van der Waals surface area contributed by atoms with Crippen molar-refractivity contribution in [2.75, 3.05) is 11.4 Å². The highest BCUT2D eigenvalue weighted by Gasteiger charge is 2.44. The van der Waals surface area contributed by atoms with Gasteiger partial charge in [0, 0.05) is 36.1 Å². The average molecular weight is 380 g/mol. The van der Waals surface area contributed by atoms with Gasteiger partial charge >= 0.3 is 0 Å². The lowest BCUT2D eigenvalue weighted by atomic mass is 10.0. The number of hydrogen-bond donors (Lipinski definition) is 1. The standard InChI is InChI=1S/C21H18ClN3O2/c22-15-6-2-4-8-18(15)25-20(26)11-19(21(25)27)24-10-9-17-14(12-24)13-5-1-3-7-16(13)23-17/h1-8,19,23H,9-12H2/t19-/m1/s1. The van der Waals surface area contributed by atoms with Crippen molar-refractivity contribution in [1.82, 2.24) is 9.88 Å². The number of nitrogens with one attached hydrogen (secondary N) is 1. The summed E-state index contributed by atoms with van der Waals surface area (Å²) in [4.78, 5) is 32.5. The molecule has 2 amide bonds. The number of rotatable bonds is 2. The molecule has 2 aliphatic heterocycles. The molecule has 5 rings (SSSR count). The van der Waals surface area contributed by atoms with Gasteiger partial charge in [0.2, 0.25) is 5.91 Å². The Bertz CT molecular complexity index is 1070. The van der Waals surface area contributed by atoms with E-state index in [0.29, 0.717) is 17.3 Å². The average Bonchev–Trinajstić information content (AvgIpc) is 3.19. The number of aromatic nitrogens is 1. The molecule has 0 bridgehead atoms. The first-order valence-corrected chi connectivity index (χ1v) is 9.45. The van der Waals surface area contributed by atoms with Crippen molar-refractivity contribution in [2.45, 2.75) is 25.4 Å². The molecule has 2 aromatic carbocycles. The monoisotopic (exact) mass is 379 g/mol. The van der Waals surface area contributed by atoms with Gasteiger partial charge in [0.25, 0.3) is 5.91 Å². The molecule has 0 spiro atoms. The molecular formula is C21H18ClN3O2. The van der Waals surface area contributed by atoms with Crippen molar-refractivity contribution < 1.29 is 9.59 Å². The van der Waals surface area contributed by atoms with Crippen LogP contribution in [0.15, 0.2) is 48.5 Å². The minimum absolute atomic E-state index is 0.184. The van der Waals surface area contributed by atoms with Crippen molar-refractivity contribution in [3.8, 4) is 0 Å². The van der Waals surface area contributed by atoms with Crippen LogP contribution in [-0.2, 0) is 22.6 Å². The topological polar surface area (TPSA) is 56.4 Å². The minimum Gasteiger partial charge on any atom is -0.358 e. The van der Waals surface area contributed by atoms with Gasteiger partial charge in [0.1, 0.15) is 0 Å². The highest BCUT2D eigenvalue weighted by Crippen LogP contribution is 2.34. The Morgan fingerprint density at radius 1 is 1.04 bits per heavy atom. The number of H-pyrrole nitrogens is 1. The van der Waals surface area contributed by atoms with E-state index in [1.807, 2.05) is 12.1 Å². The summed E-state index contributed by atoms with van der Waals surface area (Å²) in [5.74, 6) is -0.376. The van der Waals surface area contributed by atoms with Crippen LogP contribution in [-0.4, -0.2) is 34.3 Å². The molecule has 0 unspecified atom stereocenters. The molecule has 136 valence electrons. The number of hydrogen-bond acceptors (Lipinski definition) is 3. The molecular weight excluding hydrogens is 362 g/mol. The molecule has 5 nitrogen and oxygen atoms in total. The number of para-hydroxylation sites is 2. The molecule has 0 radical (unpaired) electrons. The summed E-state index contributed by atoms with van der Waals surface area (Å²) in [6.07, 6.45) is 1.04. The van der Waals surface area contributed by atoms with Gasteiger partial charge in [-0.3, -0.25) is 14.5 Å². The molecule has 1 atom stereocenters. The van der Waals surface area contributed by atoms with Crippen molar-refractivity contribution in [1.29, 1.82) is 0 Å². The molecule has 27 heavy (non-hydrogen) atoms. The van der Waals surface area contributed by atoms with Gasteiger partial charge in [-0.2, -0.15) is 0 Å². The van der Waals surface area contributed by atoms with Crippen LogP contribution in [0.5, 0.6) is 0 Å². The van der Waals surface area contributed by atoms with E-state index in [0.717, 1.165) is 18.5 Å². The zero-order valence-electron chi connectivity index (χ0n) is 14.6. The first-order valence-electron chi connectivity index (χ1n) is 9.07. The molecule has 3 aromatic rings. The van der Waals surface area contributed by atoms with E-state index in [-0.39, 0.29) is 18.2 Å². The van der Waals surface area contributed by atoms with Crippen LogP contribution in [0, 0.1) is 0 Å². The predicted octanol–water partition coefficient (Wildman–Crippen LogP) is 3.51. The highest BCUT2D eigenvalue weighted by molar-refractivity contribution is 6.36. The summed E-state index contributed by atoms with van der Waals surface area (Å²) >= 11 is 6.22. The Morgan fingerprint density at radius 2 is 1.81 bits per heavy atom. The van der Waals surface area contributed by atoms with E-state index < -0.39 is 6.04 Å². The third kappa shape index (κ3) is 2.58. The number of carbonyl (C=O) groups is 2. The smallest absolute Gasteiger partial charge is 0.251 e. The highest BCUT2D eigenvalue weighted by atomic mass is 35.5. The van der Waals surface area contributed by atoms with Crippen LogP contribution in [0.1, 0.15) is 17.7 Å². The van der Waals surface area contributed by atoms with Gasteiger partial charge in [-0.25, -0.2) is 4.90 Å². The Labute approximate surface area is 161 Å². The summed E-state index contributed by atoms with van der Waals surface area (Å²) in [6, 6.07) is 14.8. The van der Waals surface area contributed by atoms with Crippen molar-refractivity contribution in [3.05, 3.63) is 64.8 Å². The second kappa shape index (κ2) is 6.22. The lowest BCUT2D eigenvalue weighted by Crippen LogP contribution is -2.44. The van der Waals surface area contributed by atoms with E-state index in [1.54, 1.807) is 24.3 Å².